The summed E-state index contributed by atoms with van der Waals surface area (Å²) in [4.78, 5) is 0. The van der Waals surface area contributed by atoms with Gasteiger partial charge in [0.15, 0.2) is 5.69 Å². The van der Waals surface area contributed by atoms with Gasteiger partial charge < -0.3 is 0 Å². The summed E-state index contributed by atoms with van der Waals surface area (Å²) in [6.07, 6.45) is 1.80. The molecule has 1 atom stereocenters. The largest absolute Gasteiger partial charge is 0.241 e. The van der Waals surface area contributed by atoms with E-state index in [-0.39, 0.29) is 6.04 Å². The molecule has 1 aromatic carbocycles. The lowest BCUT2D eigenvalue weighted by atomic mass is 10.1. The van der Waals surface area contributed by atoms with Gasteiger partial charge in [0.2, 0.25) is 0 Å². The number of aromatic nitrogens is 3. The summed E-state index contributed by atoms with van der Waals surface area (Å²) in [7, 11) is 0. The minimum absolute atomic E-state index is 0.0994. The normalized spacial score (nSPS) is 12.1. The minimum atomic E-state index is 0.0994. The van der Waals surface area contributed by atoms with Gasteiger partial charge in [-0.1, -0.05) is 48.9 Å². The molecule has 0 saturated heterocycles. The zero-order valence-corrected chi connectivity index (χ0v) is 10.7. The van der Waals surface area contributed by atoms with Gasteiger partial charge in [-0.15, -0.1) is 5.10 Å². The van der Waals surface area contributed by atoms with Crippen molar-refractivity contribution >= 4 is 0 Å². The van der Waals surface area contributed by atoms with E-state index < -0.39 is 0 Å². The molecule has 0 spiro atoms. The standard InChI is InChI=1S/C14H16N4/c1-3-7-14-13(10-15)16-17-18(14)11(2)12-8-5-4-6-9-12/h4-6,8-9,11H,3,7H2,1-2H3. The summed E-state index contributed by atoms with van der Waals surface area (Å²) >= 11 is 0. The molecular formula is C14H16N4. The van der Waals surface area contributed by atoms with Crippen molar-refractivity contribution in [3.05, 3.63) is 47.3 Å². The molecule has 0 aliphatic carbocycles. The second-order valence-corrected chi connectivity index (χ2v) is 4.28. The Morgan fingerprint density at radius 3 is 2.67 bits per heavy atom. The Kier molecular flexibility index (Phi) is 3.73. The van der Waals surface area contributed by atoms with Crippen LogP contribution in [0.5, 0.6) is 0 Å². The molecule has 1 unspecified atom stereocenters. The summed E-state index contributed by atoms with van der Waals surface area (Å²) in [5.41, 5.74) is 2.54. The first-order chi connectivity index (χ1) is 8.77. The maximum atomic E-state index is 9.04. The molecular weight excluding hydrogens is 224 g/mol. The van der Waals surface area contributed by atoms with Crippen molar-refractivity contribution in [1.29, 1.82) is 5.26 Å². The molecule has 18 heavy (non-hydrogen) atoms. The van der Waals surface area contributed by atoms with Gasteiger partial charge in [0, 0.05) is 0 Å². The first kappa shape index (κ1) is 12.3. The van der Waals surface area contributed by atoms with E-state index in [1.165, 1.54) is 5.56 Å². The number of benzene rings is 1. The molecule has 2 aromatic rings. The van der Waals surface area contributed by atoms with E-state index in [9.17, 15) is 0 Å². The van der Waals surface area contributed by atoms with Crippen LogP contribution in [-0.2, 0) is 6.42 Å². The average Bonchev–Trinajstić information content (AvgIpc) is 2.82. The van der Waals surface area contributed by atoms with Crippen LogP contribution in [0, 0.1) is 11.3 Å². The smallest absolute Gasteiger partial charge is 0.185 e. The van der Waals surface area contributed by atoms with Crippen LogP contribution in [0.15, 0.2) is 30.3 Å². The van der Waals surface area contributed by atoms with Crippen molar-refractivity contribution in [3.63, 3.8) is 0 Å². The molecule has 0 aliphatic rings. The van der Waals surface area contributed by atoms with Gasteiger partial charge in [-0.25, -0.2) is 4.68 Å². The molecule has 0 amide bonds. The SMILES string of the molecule is CCCc1c(C#N)nnn1C(C)c1ccccc1. The van der Waals surface area contributed by atoms with Crippen molar-refractivity contribution in [2.75, 3.05) is 0 Å². The molecule has 4 heteroatoms. The van der Waals surface area contributed by atoms with Crippen molar-refractivity contribution in [3.8, 4) is 6.07 Å². The number of hydrogen-bond donors (Lipinski definition) is 0. The Morgan fingerprint density at radius 1 is 1.33 bits per heavy atom. The van der Waals surface area contributed by atoms with E-state index in [1.807, 2.05) is 22.9 Å². The van der Waals surface area contributed by atoms with Crippen LogP contribution < -0.4 is 0 Å². The molecule has 1 heterocycles. The van der Waals surface area contributed by atoms with Crippen molar-refractivity contribution in [2.45, 2.75) is 32.7 Å². The second-order valence-electron chi connectivity index (χ2n) is 4.28. The van der Waals surface area contributed by atoms with E-state index in [0.717, 1.165) is 18.5 Å². The highest BCUT2D eigenvalue weighted by atomic mass is 15.4. The fraction of sp³-hybridized carbons (Fsp3) is 0.357. The maximum Gasteiger partial charge on any atom is 0.185 e. The van der Waals surface area contributed by atoms with Gasteiger partial charge in [-0.2, -0.15) is 5.26 Å². The summed E-state index contributed by atoms with van der Waals surface area (Å²) in [6, 6.07) is 12.3. The second kappa shape index (κ2) is 5.46. The first-order valence-electron chi connectivity index (χ1n) is 6.17. The highest BCUT2D eigenvalue weighted by Gasteiger charge is 2.17. The Bertz CT molecular complexity index is 551. The zero-order chi connectivity index (χ0) is 13.0. The van der Waals surface area contributed by atoms with E-state index in [1.54, 1.807) is 0 Å². The molecule has 1 aromatic heterocycles. The van der Waals surface area contributed by atoms with Crippen LogP contribution in [0.3, 0.4) is 0 Å². The molecule has 0 saturated carbocycles. The summed E-state index contributed by atoms with van der Waals surface area (Å²) < 4.78 is 1.86. The molecule has 0 bridgehead atoms. The zero-order valence-electron chi connectivity index (χ0n) is 10.7. The van der Waals surface area contributed by atoms with Crippen LogP contribution in [0.2, 0.25) is 0 Å². The third kappa shape index (κ3) is 2.25. The van der Waals surface area contributed by atoms with E-state index in [2.05, 4.69) is 42.4 Å². The molecule has 0 N–H and O–H groups in total. The van der Waals surface area contributed by atoms with Crippen molar-refractivity contribution < 1.29 is 0 Å². The van der Waals surface area contributed by atoms with Crippen LogP contribution in [-0.4, -0.2) is 15.0 Å². The van der Waals surface area contributed by atoms with E-state index >= 15 is 0 Å². The Labute approximate surface area is 107 Å². The Hall–Kier alpha value is -2.15. The summed E-state index contributed by atoms with van der Waals surface area (Å²) in [5, 5.41) is 17.1. The third-order valence-electron chi connectivity index (χ3n) is 3.03. The molecule has 0 fully saturated rings. The number of nitriles is 1. The highest BCUT2D eigenvalue weighted by molar-refractivity contribution is 5.27. The molecule has 2 rings (SSSR count). The van der Waals surface area contributed by atoms with Crippen molar-refractivity contribution in [1.82, 2.24) is 15.0 Å². The van der Waals surface area contributed by atoms with Gasteiger partial charge in [-0.05, 0) is 18.9 Å². The average molecular weight is 240 g/mol. The first-order valence-corrected chi connectivity index (χ1v) is 6.17. The Balaban J connectivity index is 2.39. The maximum absolute atomic E-state index is 9.04. The third-order valence-corrected chi connectivity index (χ3v) is 3.03. The fourth-order valence-corrected chi connectivity index (χ4v) is 2.05. The topological polar surface area (TPSA) is 54.5 Å². The highest BCUT2D eigenvalue weighted by Crippen LogP contribution is 2.20. The van der Waals surface area contributed by atoms with Crippen LogP contribution in [0.25, 0.3) is 0 Å². The van der Waals surface area contributed by atoms with Crippen molar-refractivity contribution in [2.24, 2.45) is 0 Å². The monoisotopic (exact) mass is 240 g/mol. The molecule has 92 valence electrons. The van der Waals surface area contributed by atoms with Crippen LogP contribution >= 0.6 is 0 Å². The Morgan fingerprint density at radius 2 is 2.06 bits per heavy atom. The number of hydrogen-bond acceptors (Lipinski definition) is 3. The van der Waals surface area contributed by atoms with Crippen LogP contribution in [0.1, 0.15) is 43.3 Å². The number of nitrogens with zero attached hydrogens (tertiary/aromatic N) is 4. The van der Waals surface area contributed by atoms with Crippen LogP contribution in [0.4, 0.5) is 0 Å². The molecule has 4 nitrogen and oxygen atoms in total. The number of rotatable bonds is 4. The van der Waals surface area contributed by atoms with Gasteiger partial charge in [0.05, 0.1) is 11.7 Å². The summed E-state index contributed by atoms with van der Waals surface area (Å²) in [5.74, 6) is 0. The molecule has 0 radical (unpaired) electrons. The van der Waals surface area contributed by atoms with Gasteiger partial charge in [0.1, 0.15) is 6.07 Å². The lowest BCUT2D eigenvalue weighted by Crippen LogP contribution is -2.12. The lowest BCUT2D eigenvalue weighted by molar-refractivity contribution is 0.519. The van der Waals surface area contributed by atoms with E-state index in [0.29, 0.717) is 5.69 Å². The predicted molar refractivity (Wildman–Crippen MR) is 69.0 cm³/mol. The minimum Gasteiger partial charge on any atom is -0.241 e. The van der Waals surface area contributed by atoms with Gasteiger partial charge >= 0.3 is 0 Å². The van der Waals surface area contributed by atoms with E-state index in [4.69, 9.17) is 5.26 Å². The predicted octanol–water partition coefficient (Wildman–Crippen LogP) is 2.71. The van der Waals surface area contributed by atoms with Gasteiger partial charge in [0.25, 0.3) is 0 Å². The molecule has 0 aliphatic heterocycles. The quantitative estimate of drug-likeness (QED) is 0.825. The summed E-state index contributed by atoms with van der Waals surface area (Å²) in [6.45, 7) is 4.16. The fourth-order valence-electron chi connectivity index (χ4n) is 2.05. The lowest BCUT2D eigenvalue weighted by Gasteiger charge is -2.14. The van der Waals surface area contributed by atoms with Gasteiger partial charge in [-0.3, -0.25) is 0 Å².